The van der Waals surface area contributed by atoms with E-state index in [1.54, 1.807) is 0 Å². The number of hydrogen-bond donors (Lipinski definition) is 0. The van der Waals surface area contributed by atoms with Gasteiger partial charge in [0.25, 0.3) is 0 Å². The second-order valence-corrected chi connectivity index (χ2v) is 9.69. The fourth-order valence-corrected chi connectivity index (χ4v) is 6.27. The Hall–Kier alpha value is -3.12. The van der Waals surface area contributed by atoms with Crippen molar-refractivity contribution in [3.05, 3.63) is 118 Å². The summed E-state index contributed by atoms with van der Waals surface area (Å²) in [6, 6.07) is 32.2. The van der Waals surface area contributed by atoms with E-state index in [0.717, 1.165) is 0 Å². The Morgan fingerprint density at radius 1 is 0.484 bits per heavy atom. The first-order chi connectivity index (χ1) is 15.1. The van der Waals surface area contributed by atoms with Crippen LogP contribution in [0.5, 0.6) is 0 Å². The van der Waals surface area contributed by atoms with Crippen LogP contribution in [-0.2, 0) is 5.41 Å². The molecular weight excluding hydrogens is 372 g/mol. The first-order valence-corrected chi connectivity index (χ1v) is 11.5. The Bertz CT molecular complexity index is 1290. The number of hydrogen-bond acceptors (Lipinski definition) is 0. The molecule has 0 saturated carbocycles. The van der Waals surface area contributed by atoms with Crippen molar-refractivity contribution in [2.24, 2.45) is 0 Å². The second-order valence-electron chi connectivity index (χ2n) is 9.69. The van der Waals surface area contributed by atoms with Crippen LogP contribution >= 0.6 is 0 Å². The minimum atomic E-state index is -0.233. The lowest BCUT2D eigenvalue weighted by Crippen LogP contribution is -2.27. The van der Waals surface area contributed by atoms with Gasteiger partial charge in [-0.05, 0) is 67.5 Å². The van der Waals surface area contributed by atoms with E-state index in [0.29, 0.717) is 11.8 Å². The second kappa shape index (κ2) is 6.44. The molecule has 0 amide bonds. The van der Waals surface area contributed by atoms with Crippen molar-refractivity contribution >= 4 is 0 Å². The van der Waals surface area contributed by atoms with Crippen LogP contribution in [0.4, 0.5) is 0 Å². The maximum atomic E-state index is 2.39. The molecule has 4 aromatic rings. The summed E-state index contributed by atoms with van der Waals surface area (Å²) >= 11 is 0. The van der Waals surface area contributed by atoms with Gasteiger partial charge in [0.2, 0.25) is 0 Å². The first kappa shape index (κ1) is 18.6. The fourth-order valence-electron chi connectivity index (χ4n) is 6.27. The van der Waals surface area contributed by atoms with E-state index in [1.165, 1.54) is 55.6 Å². The normalized spacial score (nSPS) is 14.6. The van der Waals surface area contributed by atoms with Crippen LogP contribution in [-0.4, -0.2) is 0 Å². The SMILES string of the molecule is CC(C)c1cccc2c1-c1cccc(C(C)C)c1C21c2ccccc2-c2ccccc21. The Morgan fingerprint density at radius 3 is 1.58 bits per heavy atom. The average Bonchev–Trinajstić information content (AvgIpc) is 3.26. The highest BCUT2D eigenvalue weighted by atomic mass is 14.5. The summed E-state index contributed by atoms with van der Waals surface area (Å²) in [5.74, 6) is 0.941. The molecule has 0 heterocycles. The van der Waals surface area contributed by atoms with Gasteiger partial charge in [-0.1, -0.05) is 113 Å². The molecule has 2 aliphatic rings. The molecule has 0 unspecified atom stereocenters. The molecule has 0 nitrogen and oxygen atoms in total. The minimum absolute atomic E-state index is 0.233. The van der Waals surface area contributed by atoms with E-state index in [2.05, 4.69) is 113 Å². The van der Waals surface area contributed by atoms with Crippen molar-refractivity contribution in [3.63, 3.8) is 0 Å². The molecule has 0 fully saturated rings. The number of benzene rings is 4. The zero-order valence-corrected chi connectivity index (χ0v) is 18.7. The Balaban J connectivity index is 1.88. The molecule has 4 aromatic carbocycles. The third-order valence-electron chi connectivity index (χ3n) is 7.44. The molecule has 0 bridgehead atoms. The summed E-state index contributed by atoms with van der Waals surface area (Å²) in [6.45, 7) is 9.32. The van der Waals surface area contributed by atoms with Crippen molar-refractivity contribution in [2.75, 3.05) is 0 Å². The van der Waals surface area contributed by atoms with Crippen molar-refractivity contribution in [1.29, 1.82) is 0 Å². The molecule has 0 radical (unpaired) electrons. The van der Waals surface area contributed by atoms with E-state index < -0.39 is 0 Å². The van der Waals surface area contributed by atoms with Crippen LogP contribution in [0.25, 0.3) is 22.3 Å². The van der Waals surface area contributed by atoms with Crippen molar-refractivity contribution in [2.45, 2.75) is 44.9 Å². The standard InChI is InChI=1S/C31H28/c1-19(2)21-13-10-18-28-29(21)25-15-9-14-22(20(3)4)30(25)31(28)26-16-7-5-11-23(26)24-12-6-8-17-27(24)31/h5-20H,1-4H3. The third kappa shape index (κ3) is 2.20. The van der Waals surface area contributed by atoms with Crippen molar-refractivity contribution in [1.82, 2.24) is 0 Å². The summed E-state index contributed by atoms with van der Waals surface area (Å²) in [4.78, 5) is 0. The highest BCUT2D eigenvalue weighted by Crippen LogP contribution is 2.64. The van der Waals surface area contributed by atoms with Gasteiger partial charge in [0, 0.05) is 0 Å². The molecule has 0 saturated heterocycles. The molecule has 0 aliphatic heterocycles. The van der Waals surface area contributed by atoms with Gasteiger partial charge in [-0.15, -0.1) is 0 Å². The van der Waals surface area contributed by atoms with E-state index >= 15 is 0 Å². The summed E-state index contributed by atoms with van der Waals surface area (Å²) in [5.41, 5.74) is 14.2. The highest BCUT2D eigenvalue weighted by molar-refractivity contribution is 5.96. The largest absolute Gasteiger partial charge is 0.0728 e. The predicted octanol–water partition coefficient (Wildman–Crippen LogP) is 8.28. The van der Waals surface area contributed by atoms with E-state index in [-0.39, 0.29) is 5.41 Å². The molecule has 2 aliphatic carbocycles. The molecule has 0 N–H and O–H groups in total. The molecular formula is C31H28. The van der Waals surface area contributed by atoms with Crippen molar-refractivity contribution < 1.29 is 0 Å². The predicted molar refractivity (Wildman–Crippen MR) is 131 cm³/mol. The van der Waals surface area contributed by atoms with Gasteiger partial charge < -0.3 is 0 Å². The van der Waals surface area contributed by atoms with Crippen LogP contribution in [0, 0.1) is 0 Å². The summed E-state index contributed by atoms with van der Waals surface area (Å²) < 4.78 is 0. The van der Waals surface area contributed by atoms with Gasteiger partial charge in [0.15, 0.2) is 0 Å². The number of fused-ring (bicyclic) bond motifs is 10. The summed E-state index contributed by atoms with van der Waals surface area (Å²) in [6.07, 6.45) is 0. The Morgan fingerprint density at radius 2 is 0.968 bits per heavy atom. The highest BCUT2D eigenvalue weighted by Gasteiger charge is 2.53. The summed E-state index contributed by atoms with van der Waals surface area (Å²) in [7, 11) is 0. The lowest BCUT2D eigenvalue weighted by Gasteiger charge is -2.33. The van der Waals surface area contributed by atoms with E-state index in [1.807, 2.05) is 0 Å². The maximum Gasteiger partial charge on any atom is 0.0728 e. The topological polar surface area (TPSA) is 0 Å². The van der Waals surface area contributed by atoms with Gasteiger partial charge in [-0.25, -0.2) is 0 Å². The molecule has 0 aromatic heterocycles. The van der Waals surface area contributed by atoms with Crippen LogP contribution in [0.1, 0.15) is 72.9 Å². The Labute approximate surface area is 185 Å². The molecule has 31 heavy (non-hydrogen) atoms. The maximum absolute atomic E-state index is 2.39. The molecule has 6 rings (SSSR count). The van der Waals surface area contributed by atoms with Crippen LogP contribution < -0.4 is 0 Å². The smallest absolute Gasteiger partial charge is 0.0619 e. The molecule has 0 atom stereocenters. The molecule has 1 spiro atoms. The van der Waals surface area contributed by atoms with Gasteiger partial charge in [0.05, 0.1) is 5.41 Å². The van der Waals surface area contributed by atoms with Gasteiger partial charge >= 0.3 is 0 Å². The number of rotatable bonds is 2. The van der Waals surface area contributed by atoms with Crippen LogP contribution in [0.15, 0.2) is 84.9 Å². The Kier molecular flexibility index (Phi) is 3.87. The minimum Gasteiger partial charge on any atom is -0.0619 e. The zero-order chi connectivity index (χ0) is 21.3. The van der Waals surface area contributed by atoms with Crippen LogP contribution in [0.3, 0.4) is 0 Å². The van der Waals surface area contributed by atoms with Crippen molar-refractivity contribution in [3.8, 4) is 22.3 Å². The van der Waals surface area contributed by atoms with Gasteiger partial charge in [-0.2, -0.15) is 0 Å². The third-order valence-corrected chi connectivity index (χ3v) is 7.44. The van der Waals surface area contributed by atoms with Crippen LogP contribution in [0.2, 0.25) is 0 Å². The summed E-state index contributed by atoms with van der Waals surface area (Å²) in [5, 5.41) is 0. The van der Waals surface area contributed by atoms with Gasteiger partial charge in [0.1, 0.15) is 0 Å². The van der Waals surface area contributed by atoms with E-state index in [9.17, 15) is 0 Å². The molecule has 152 valence electrons. The molecule has 0 heteroatoms. The average molecular weight is 401 g/mol. The first-order valence-electron chi connectivity index (χ1n) is 11.5. The lowest BCUT2D eigenvalue weighted by atomic mass is 9.68. The monoisotopic (exact) mass is 400 g/mol. The lowest BCUT2D eigenvalue weighted by molar-refractivity contribution is 0.749. The van der Waals surface area contributed by atoms with Gasteiger partial charge in [-0.3, -0.25) is 0 Å². The van der Waals surface area contributed by atoms with E-state index in [4.69, 9.17) is 0 Å². The quantitative estimate of drug-likeness (QED) is 0.274. The zero-order valence-electron chi connectivity index (χ0n) is 18.7. The fraction of sp³-hybridized carbons (Fsp3) is 0.226.